The second-order valence-corrected chi connectivity index (χ2v) is 6.06. The van der Waals surface area contributed by atoms with Gasteiger partial charge in [-0.25, -0.2) is 17.9 Å². The van der Waals surface area contributed by atoms with Crippen LogP contribution in [-0.2, 0) is 10.0 Å². The minimum Gasteiger partial charge on any atom is -0.478 e. The quantitative estimate of drug-likeness (QED) is 0.804. The minimum absolute atomic E-state index is 0.0690. The summed E-state index contributed by atoms with van der Waals surface area (Å²) in [5.74, 6) is -1.07. The van der Waals surface area contributed by atoms with E-state index < -0.39 is 16.0 Å². The molecule has 0 amide bonds. The normalized spacial score (nSPS) is 13.2. The molecule has 0 fully saturated rings. The number of carbonyl (C=O) groups is 1. The average molecular weight is 285 g/mol. The zero-order valence-corrected chi connectivity index (χ0v) is 11.9. The van der Waals surface area contributed by atoms with Crippen LogP contribution in [0.3, 0.4) is 0 Å². The van der Waals surface area contributed by atoms with Gasteiger partial charge >= 0.3 is 5.97 Å². The molecule has 0 saturated heterocycles. The van der Waals surface area contributed by atoms with E-state index in [1.165, 1.54) is 24.3 Å². The van der Waals surface area contributed by atoms with Gasteiger partial charge in [-0.2, -0.15) is 0 Å². The summed E-state index contributed by atoms with van der Waals surface area (Å²) in [7, 11) is -3.58. The number of nitrogens with one attached hydrogen (secondary N) is 1. The Bertz CT molecular complexity index is 522. The Hall–Kier alpha value is -1.40. The van der Waals surface area contributed by atoms with Crippen molar-refractivity contribution < 1.29 is 18.3 Å². The van der Waals surface area contributed by atoms with E-state index in [4.69, 9.17) is 5.11 Å². The first-order chi connectivity index (χ1) is 8.90. The Morgan fingerprint density at radius 2 is 1.84 bits per heavy atom. The lowest BCUT2D eigenvalue weighted by atomic mass is 10.1. The van der Waals surface area contributed by atoms with Crippen molar-refractivity contribution in [3.63, 3.8) is 0 Å². The molecular weight excluding hydrogens is 266 g/mol. The van der Waals surface area contributed by atoms with Crippen molar-refractivity contribution in [1.82, 2.24) is 4.72 Å². The first-order valence-corrected chi connectivity index (χ1v) is 7.74. The van der Waals surface area contributed by atoms with Crippen LogP contribution < -0.4 is 4.72 Å². The van der Waals surface area contributed by atoms with Gasteiger partial charge < -0.3 is 5.11 Å². The first kappa shape index (κ1) is 15.7. The van der Waals surface area contributed by atoms with Gasteiger partial charge in [-0.15, -0.1) is 0 Å². The fourth-order valence-electron chi connectivity index (χ4n) is 1.76. The maximum absolute atomic E-state index is 12.1. The van der Waals surface area contributed by atoms with Crippen molar-refractivity contribution in [1.29, 1.82) is 0 Å². The van der Waals surface area contributed by atoms with E-state index in [0.717, 1.165) is 19.3 Å². The highest BCUT2D eigenvalue weighted by molar-refractivity contribution is 7.89. The third kappa shape index (κ3) is 4.33. The molecule has 0 aliphatic rings. The summed E-state index contributed by atoms with van der Waals surface area (Å²) in [6, 6.07) is 5.11. The predicted molar refractivity (Wildman–Crippen MR) is 72.7 cm³/mol. The molecule has 0 aromatic heterocycles. The van der Waals surface area contributed by atoms with Gasteiger partial charge in [-0.05, 0) is 37.1 Å². The Labute approximate surface area is 113 Å². The number of sulfonamides is 1. The van der Waals surface area contributed by atoms with Crippen molar-refractivity contribution in [3.05, 3.63) is 29.8 Å². The number of carboxylic acid groups (broad SMARTS) is 1. The highest BCUT2D eigenvalue weighted by Gasteiger charge is 2.18. The summed E-state index contributed by atoms with van der Waals surface area (Å²) in [5.41, 5.74) is 0.0690. The first-order valence-electron chi connectivity index (χ1n) is 6.26. The molecule has 0 saturated carbocycles. The number of hydrogen-bond donors (Lipinski definition) is 2. The summed E-state index contributed by atoms with van der Waals surface area (Å²) in [6.07, 6.45) is 2.40. The molecule has 19 heavy (non-hydrogen) atoms. The Kier molecular flexibility index (Phi) is 5.50. The van der Waals surface area contributed by atoms with E-state index in [9.17, 15) is 13.2 Å². The lowest BCUT2D eigenvalue weighted by molar-refractivity contribution is 0.0696. The van der Waals surface area contributed by atoms with Gasteiger partial charge in [0.05, 0.1) is 10.5 Å². The monoisotopic (exact) mass is 285 g/mol. The van der Waals surface area contributed by atoms with Gasteiger partial charge in [0, 0.05) is 6.04 Å². The Morgan fingerprint density at radius 1 is 1.26 bits per heavy atom. The molecule has 0 bridgehead atoms. The Morgan fingerprint density at radius 3 is 2.26 bits per heavy atom. The smallest absolute Gasteiger partial charge is 0.335 e. The number of rotatable bonds is 7. The number of benzene rings is 1. The summed E-state index contributed by atoms with van der Waals surface area (Å²) < 4.78 is 26.8. The zero-order chi connectivity index (χ0) is 14.5. The second-order valence-electron chi connectivity index (χ2n) is 4.34. The van der Waals surface area contributed by atoms with Crippen LogP contribution >= 0.6 is 0 Å². The minimum atomic E-state index is -3.58. The molecule has 1 atom stereocenters. The van der Waals surface area contributed by atoms with Crippen molar-refractivity contribution in [2.45, 2.75) is 44.0 Å². The van der Waals surface area contributed by atoms with Crippen LogP contribution in [0.15, 0.2) is 29.2 Å². The summed E-state index contributed by atoms with van der Waals surface area (Å²) in [6.45, 7) is 3.93. The molecule has 0 radical (unpaired) electrons. The van der Waals surface area contributed by atoms with Gasteiger partial charge in [0.2, 0.25) is 10.0 Å². The van der Waals surface area contributed by atoms with E-state index in [1.807, 2.05) is 13.8 Å². The van der Waals surface area contributed by atoms with Crippen LogP contribution in [0.1, 0.15) is 43.5 Å². The lowest BCUT2D eigenvalue weighted by Crippen LogP contribution is -2.34. The molecule has 1 aromatic rings. The molecular formula is C13H19NO4S. The molecule has 1 aromatic carbocycles. The van der Waals surface area contributed by atoms with Gasteiger partial charge in [-0.1, -0.05) is 20.3 Å². The van der Waals surface area contributed by atoms with Crippen molar-refractivity contribution in [2.24, 2.45) is 0 Å². The standard InChI is InChI=1S/C13H19NO4S/c1-3-5-11(4-2)14-19(17,18)12-8-6-10(7-9-12)13(15)16/h6-9,11,14H,3-5H2,1-2H3,(H,15,16). The molecule has 5 nitrogen and oxygen atoms in total. The molecule has 2 N–H and O–H groups in total. The maximum atomic E-state index is 12.1. The van der Waals surface area contributed by atoms with E-state index in [-0.39, 0.29) is 16.5 Å². The number of hydrogen-bond acceptors (Lipinski definition) is 3. The Balaban J connectivity index is 2.90. The highest BCUT2D eigenvalue weighted by atomic mass is 32.2. The molecule has 6 heteroatoms. The van der Waals surface area contributed by atoms with Crippen molar-refractivity contribution >= 4 is 16.0 Å². The summed E-state index contributed by atoms with van der Waals surface area (Å²) >= 11 is 0. The molecule has 0 aliphatic carbocycles. The van der Waals surface area contributed by atoms with Crippen molar-refractivity contribution in [3.8, 4) is 0 Å². The molecule has 1 rings (SSSR count). The second kappa shape index (κ2) is 6.68. The van der Waals surface area contributed by atoms with Crippen LogP contribution in [0, 0.1) is 0 Å². The SMILES string of the molecule is CCCC(CC)NS(=O)(=O)c1ccc(C(=O)O)cc1. The van der Waals surface area contributed by atoms with E-state index in [0.29, 0.717) is 0 Å². The summed E-state index contributed by atoms with van der Waals surface area (Å²) in [4.78, 5) is 10.8. The fraction of sp³-hybridized carbons (Fsp3) is 0.462. The molecule has 0 spiro atoms. The summed E-state index contributed by atoms with van der Waals surface area (Å²) in [5, 5.41) is 8.77. The lowest BCUT2D eigenvalue weighted by Gasteiger charge is -2.16. The maximum Gasteiger partial charge on any atom is 0.335 e. The van der Waals surface area contributed by atoms with E-state index >= 15 is 0 Å². The average Bonchev–Trinajstić information content (AvgIpc) is 2.38. The predicted octanol–water partition coefficient (Wildman–Crippen LogP) is 2.24. The topological polar surface area (TPSA) is 83.5 Å². The van der Waals surface area contributed by atoms with Crippen LogP contribution in [0.2, 0.25) is 0 Å². The highest BCUT2D eigenvalue weighted by Crippen LogP contribution is 2.13. The van der Waals surface area contributed by atoms with Crippen LogP contribution in [0.25, 0.3) is 0 Å². The van der Waals surface area contributed by atoms with E-state index in [1.54, 1.807) is 0 Å². The molecule has 1 unspecified atom stereocenters. The van der Waals surface area contributed by atoms with Crippen LogP contribution in [0.4, 0.5) is 0 Å². The van der Waals surface area contributed by atoms with Gasteiger partial charge in [0.25, 0.3) is 0 Å². The fourth-order valence-corrected chi connectivity index (χ4v) is 3.11. The number of carboxylic acids is 1. The third-order valence-electron chi connectivity index (χ3n) is 2.86. The molecule has 106 valence electrons. The largest absolute Gasteiger partial charge is 0.478 e. The van der Waals surface area contributed by atoms with Gasteiger partial charge in [0.15, 0.2) is 0 Å². The van der Waals surface area contributed by atoms with E-state index in [2.05, 4.69) is 4.72 Å². The zero-order valence-electron chi connectivity index (χ0n) is 11.1. The van der Waals surface area contributed by atoms with Crippen LogP contribution in [-0.4, -0.2) is 25.5 Å². The molecule has 0 aliphatic heterocycles. The number of aromatic carboxylic acids is 1. The van der Waals surface area contributed by atoms with Crippen molar-refractivity contribution in [2.75, 3.05) is 0 Å². The third-order valence-corrected chi connectivity index (χ3v) is 4.40. The molecule has 0 heterocycles. The van der Waals surface area contributed by atoms with Gasteiger partial charge in [-0.3, -0.25) is 0 Å². The van der Waals surface area contributed by atoms with Crippen LogP contribution in [0.5, 0.6) is 0 Å². The van der Waals surface area contributed by atoms with Gasteiger partial charge in [0.1, 0.15) is 0 Å².